The van der Waals surface area contributed by atoms with Crippen molar-refractivity contribution in [2.24, 2.45) is 0 Å². The lowest BCUT2D eigenvalue weighted by Gasteiger charge is -2.10. The van der Waals surface area contributed by atoms with E-state index in [9.17, 15) is 0 Å². The molecule has 0 radical (unpaired) electrons. The van der Waals surface area contributed by atoms with E-state index in [4.69, 9.17) is 5.26 Å². The Morgan fingerprint density at radius 2 is 1.71 bits per heavy atom. The van der Waals surface area contributed by atoms with Crippen molar-refractivity contribution in [2.75, 3.05) is 10.6 Å². The summed E-state index contributed by atoms with van der Waals surface area (Å²) in [7, 11) is 0. The summed E-state index contributed by atoms with van der Waals surface area (Å²) in [5, 5.41) is 15.4. The van der Waals surface area contributed by atoms with Crippen LogP contribution in [0.2, 0.25) is 0 Å². The number of rotatable bonds is 4. The highest BCUT2D eigenvalue weighted by atomic mass is 79.9. The van der Waals surface area contributed by atoms with Gasteiger partial charge in [0, 0.05) is 27.6 Å². The maximum atomic E-state index is 8.98. The van der Waals surface area contributed by atoms with E-state index in [2.05, 4.69) is 42.6 Å². The van der Waals surface area contributed by atoms with E-state index in [-0.39, 0.29) is 0 Å². The molecule has 0 saturated heterocycles. The topological polar surface area (TPSA) is 73.6 Å². The molecule has 0 aliphatic rings. The third-order valence-corrected chi connectivity index (χ3v) is 3.69. The van der Waals surface area contributed by atoms with Crippen molar-refractivity contribution in [1.82, 2.24) is 9.97 Å². The third-order valence-electron chi connectivity index (χ3n) is 3.20. The fourth-order valence-corrected chi connectivity index (χ4v) is 2.60. The first-order chi connectivity index (χ1) is 11.6. The molecule has 0 atom stereocenters. The van der Waals surface area contributed by atoms with E-state index in [0.717, 1.165) is 21.5 Å². The maximum absolute atomic E-state index is 8.98. The highest BCUT2D eigenvalue weighted by Gasteiger charge is 2.04. The summed E-state index contributed by atoms with van der Waals surface area (Å²) in [5.41, 5.74) is 3.12. The fraction of sp³-hybridized carbons (Fsp3) is 0.0556. The first-order valence-corrected chi connectivity index (χ1v) is 8.07. The summed E-state index contributed by atoms with van der Waals surface area (Å²) < 4.78 is 0.991. The maximum Gasteiger partial charge on any atom is 0.229 e. The van der Waals surface area contributed by atoms with Gasteiger partial charge in [-0.3, -0.25) is 0 Å². The van der Waals surface area contributed by atoms with Crippen LogP contribution in [0.15, 0.2) is 59.1 Å². The van der Waals surface area contributed by atoms with Crippen LogP contribution in [-0.2, 0) is 0 Å². The minimum atomic E-state index is 0.475. The summed E-state index contributed by atoms with van der Waals surface area (Å²) >= 11 is 3.45. The average Bonchev–Trinajstić information content (AvgIpc) is 2.54. The van der Waals surface area contributed by atoms with Gasteiger partial charge in [0.05, 0.1) is 11.6 Å². The van der Waals surface area contributed by atoms with Crippen molar-refractivity contribution < 1.29 is 0 Å². The van der Waals surface area contributed by atoms with Crippen LogP contribution in [0.1, 0.15) is 11.3 Å². The van der Waals surface area contributed by atoms with Crippen LogP contribution in [0.5, 0.6) is 0 Å². The van der Waals surface area contributed by atoms with Crippen LogP contribution in [0.3, 0.4) is 0 Å². The Balaban J connectivity index is 1.84. The van der Waals surface area contributed by atoms with Gasteiger partial charge < -0.3 is 10.6 Å². The molecule has 0 spiro atoms. The molecule has 3 aromatic rings. The molecular formula is C18H14BrN5. The Kier molecular flexibility index (Phi) is 4.73. The molecule has 24 heavy (non-hydrogen) atoms. The van der Waals surface area contributed by atoms with Crippen LogP contribution in [0.25, 0.3) is 0 Å². The number of nitrogens with one attached hydrogen (secondary N) is 2. The second kappa shape index (κ2) is 7.11. The third kappa shape index (κ3) is 4.09. The molecule has 2 aromatic carbocycles. The van der Waals surface area contributed by atoms with Gasteiger partial charge in [0.2, 0.25) is 5.95 Å². The van der Waals surface area contributed by atoms with Crippen molar-refractivity contribution in [1.29, 1.82) is 5.26 Å². The molecule has 5 nitrogen and oxygen atoms in total. The normalized spacial score (nSPS) is 10.0. The SMILES string of the molecule is Cc1cc(Nc2cccc(Br)c2)nc(Nc2cccc(C#N)c2)n1. The predicted molar refractivity (Wildman–Crippen MR) is 98.6 cm³/mol. The van der Waals surface area contributed by atoms with E-state index >= 15 is 0 Å². The van der Waals surface area contributed by atoms with Crippen LogP contribution in [-0.4, -0.2) is 9.97 Å². The van der Waals surface area contributed by atoms with E-state index < -0.39 is 0 Å². The Bertz CT molecular complexity index is 917. The molecule has 0 saturated carbocycles. The van der Waals surface area contributed by atoms with Gasteiger partial charge in [-0.05, 0) is 43.3 Å². The van der Waals surface area contributed by atoms with E-state index in [1.807, 2.05) is 49.4 Å². The largest absolute Gasteiger partial charge is 0.340 e. The summed E-state index contributed by atoms with van der Waals surface area (Å²) in [6.07, 6.45) is 0. The standard InChI is InChI=1S/C18H14BrN5/c1-12-8-17(22-16-7-3-5-14(19)10-16)24-18(21-12)23-15-6-2-4-13(9-15)11-20/h2-10H,1H3,(H2,21,22,23,24). The first kappa shape index (κ1) is 16.0. The lowest BCUT2D eigenvalue weighted by Crippen LogP contribution is -2.02. The predicted octanol–water partition coefficient (Wildman–Crippen LogP) is 4.91. The van der Waals surface area contributed by atoms with Gasteiger partial charge in [0.1, 0.15) is 5.82 Å². The summed E-state index contributed by atoms with van der Waals surface area (Å²) in [4.78, 5) is 8.87. The second-order valence-corrected chi connectivity index (χ2v) is 6.09. The molecule has 2 N–H and O–H groups in total. The molecule has 1 heterocycles. The molecule has 0 aliphatic heterocycles. The molecule has 0 unspecified atom stereocenters. The lowest BCUT2D eigenvalue weighted by molar-refractivity contribution is 1.11. The zero-order valence-corrected chi connectivity index (χ0v) is 14.5. The molecule has 0 aliphatic carbocycles. The first-order valence-electron chi connectivity index (χ1n) is 7.28. The number of aryl methyl sites for hydroxylation is 1. The highest BCUT2D eigenvalue weighted by molar-refractivity contribution is 9.10. The van der Waals surface area contributed by atoms with E-state index in [1.54, 1.807) is 12.1 Å². The molecule has 1 aromatic heterocycles. The zero-order valence-electron chi connectivity index (χ0n) is 12.9. The van der Waals surface area contributed by atoms with Crippen molar-refractivity contribution in [3.8, 4) is 6.07 Å². The molecule has 6 heteroatoms. The number of hydrogen-bond acceptors (Lipinski definition) is 5. The minimum Gasteiger partial charge on any atom is -0.340 e. The van der Waals surface area contributed by atoms with Gasteiger partial charge in [0.15, 0.2) is 0 Å². The molecule has 118 valence electrons. The van der Waals surface area contributed by atoms with Crippen LogP contribution < -0.4 is 10.6 Å². The van der Waals surface area contributed by atoms with Crippen LogP contribution >= 0.6 is 15.9 Å². The number of anilines is 4. The van der Waals surface area contributed by atoms with Gasteiger partial charge in [-0.15, -0.1) is 0 Å². The van der Waals surface area contributed by atoms with E-state index in [1.165, 1.54) is 0 Å². The Labute approximate surface area is 148 Å². The van der Waals surface area contributed by atoms with Gasteiger partial charge in [0.25, 0.3) is 0 Å². The molecule has 0 amide bonds. The summed E-state index contributed by atoms with van der Waals surface area (Å²) in [5.74, 6) is 1.17. The highest BCUT2D eigenvalue weighted by Crippen LogP contribution is 2.22. The zero-order chi connectivity index (χ0) is 16.9. The van der Waals surface area contributed by atoms with Crippen molar-refractivity contribution >= 4 is 39.1 Å². The Morgan fingerprint density at radius 3 is 2.46 bits per heavy atom. The molecule has 3 rings (SSSR count). The number of nitrogens with zero attached hydrogens (tertiary/aromatic N) is 3. The molecule has 0 bridgehead atoms. The van der Waals surface area contributed by atoms with Gasteiger partial charge in [-0.2, -0.15) is 10.2 Å². The van der Waals surface area contributed by atoms with Crippen molar-refractivity contribution in [3.63, 3.8) is 0 Å². The van der Waals surface area contributed by atoms with E-state index in [0.29, 0.717) is 17.3 Å². The summed E-state index contributed by atoms with van der Waals surface area (Å²) in [6.45, 7) is 1.91. The number of hydrogen-bond donors (Lipinski definition) is 2. The molecule has 0 fully saturated rings. The van der Waals surface area contributed by atoms with Gasteiger partial charge in [-0.25, -0.2) is 4.98 Å². The minimum absolute atomic E-state index is 0.475. The quantitative estimate of drug-likeness (QED) is 0.673. The number of aromatic nitrogens is 2. The monoisotopic (exact) mass is 379 g/mol. The van der Waals surface area contributed by atoms with Gasteiger partial charge >= 0.3 is 0 Å². The Hall–Kier alpha value is -2.91. The molecular weight excluding hydrogens is 366 g/mol. The number of benzene rings is 2. The smallest absolute Gasteiger partial charge is 0.229 e. The number of nitriles is 1. The van der Waals surface area contributed by atoms with Crippen molar-refractivity contribution in [2.45, 2.75) is 6.92 Å². The van der Waals surface area contributed by atoms with Crippen molar-refractivity contribution in [3.05, 3.63) is 70.3 Å². The number of halogens is 1. The van der Waals surface area contributed by atoms with Crippen LogP contribution in [0.4, 0.5) is 23.1 Å². The fourth-order valence-electron chi connectivity index (χ4n) is 2.20. The second-order valence-electron chi connectivity index (χ2n) is 5.17. The van der Waals surface area contributed by atoms with Gasteiger partial charge in [-0.1, -0.05) is 28.1 Å². The van der Waals surface area contributed by atoms with Crippen LogP contribution in [0, 0.1) is 18.3 Å². The average molecular weight is 380 g/mol. The lowest BCUT2D eigenvalue weighted by atomic mass is 10.2. The Morgan fingerprint density at radius 1 is 0.958 bits per heavy atom. The summed E-state index contributed by atoms with van der Waals surface area (Å²) in [6, 6.07) is 19.0.